The molecule has 3 aromatic carbocycles. The first-order valence-electron chi connectivity index (χ1n) is 15.0. The summed E-state index contributed by atoms with van der Waals surface area (Å²) < 4.78 is 22.9. The van der Waals surface area contributed by atoms with Gasteiger partial charge < -0.3 is 59.8 Å². The van der Waals surface area contributed by atoms with E-state index in [9.17, 15) is 40.9 Å². The van der Waals surface area contributed by atoms with Gasteiger partial charge in [-0.25, -0.2) is 0 Å². The lowest BCUT2D eigenvalue weighted by atomic mass is 9.88. The summed E-state index contributed by atoms with van der Waals surface area (Å²) >= 11 is 0. The van der Waals surface area contributed by atoms with Crippen molar-refractivity contribution in [3.05, 3.63) is 71.8 Å². The number of aliphatic hydroxyl groups excluding tert-OH is 6. The molecule has 0 aromatic heterocycles. The van der Waals surface area contributed by atoms with Crippen molar-refractivity contribution in [1.82, 2.24) is 0 Å². The Morgan fingerprint density at radius 3 is 1.22 bits per heavy atom. The summed E-state index contributed by atoms with van der Waals surface area (Å²) in [6.07, 6.45) is -11.0. The third-order valence-electron chi connectivity index (χ3n) is 8.89. The predicted octanol–water partition coefficient (Wildman–Crippen LogP) is 0.775. The fourth-order valence-electron chi connectivity index (χ4n) is 5.74. The molecule has 0 radical (unpaired) electrons. The van der Waals surface area contributed by atoms with Crippen molar-refractivity contribution in [2.75, 3.05) is 13.2 Å². The van der Waals surface area contributed by atoms with Gasteiger partial charge in [0.15, 0.2) is 11.2 Å². The van der Waals surface area contributed by atoms with Crippen molar-refractivity contribution in [3.63, 3.8) is 0 Å². The Bertz CT molecular complexity index is 1390. The van der Waals surface area contributed by atoms with Gasteiger partial charge in [0.1, 0.15) is 48.1 Å². The van der Waals surface area contributed by atoms with Crippen LogP contribution in [0.1, 0.15) is 25.0 Å². The third-order valence-corrected chi connectivity index (χ3v) is 8.89. The number of aliphatic hydroxyl groups is 8. The second kappa shape index (κ2) is 13.2. The monoisotopic (exact) mass is 642 g/mol. The minimum absolute atomic E-state index is 0.404. The zero-order chi connectivity index (χ0) is 33.6. The zero-order valence-electron chi connectivity index (χ0n) is 26.0. The third kappa shape index (κ3) is 6.38. The van der Waals surface area contributed by atoms with Crippen LogP contribution in [0.4, 0.5) is 0 Å². The van der Waals surface area contributed by atoms with E-state index in [-0.39, 0.29) is 0 Å². The first-order chi connectivity index (χ1) is 21.7. The van der Waals surface area contributed by atoms with Crippen molar-refractivity contribution >= 4 is 0 Å². The summed E-state index contributed by atoms with van der Waals surface area (Å²) in [4.78, 5) is 0. The van der Waals surface area contributed by atoms with Crippen LogP contribution in [-0.4, -0.2) is 114 Å². The Kier molecular flexibility index (Phi) is 9.79. The van der Waals surface area contributed by atoms with Gasteiger partial charge in [-0.3, -0.25) is 0 Å². The summed E-state index contributed by atoms with van der Waals surface area (Å²) in [6, 6.07) is 18.8. The molecule has 10 atom stereocenters. The van der Waals surface area contributed by atoms with E-state index >= 15 is 0 Å². The van der Waals surface area contributed by atoms with E-state index in [1.807, 2.05) is 62.4 Å². The Hall–Kier alpha value is -3.14. The van der Waals surface area contributed by atoms with Crippen molar-refractivity contribution in [2.45, 2.75) is 88.1 Å². The van der Waals surface area contributed by atoms with Crippen LogP contribution in [0, 0.1) is 13.8 Å². The molecule has 5 rings (SSSR count). The first-order valence-corrected chi connectivity index (χ1v) is 15.0. The quantitative estimate of drug-likeness (QED) is 0.172. The summed E-state index contributed by atoms with van der Waals surface area (Å²) in [5.41, 5.74) is 1.31. The van der Waals surface area contributed by atoms with E-state index in [0.717, 1.165) is 33.4 Å². The molecule has 0 spiro atoms. The van der Waals surface area contributed by atoms with E-state index in [0.29, 0.717) is 11.5 Å². The van der Waals surface area contributed by atoms with Crippen LogP contribution in [0.5, 0.6) is 11.5 Å². The van der Waals surface area contributed by atoms with Gasteiger partial charge in [0.2, 0.25) is 12.6 Å². The summed E-state index contributed by atoms with van der Waals surface area (Å²) in [6.45, 7) is 5.15. The number of ether oxygens (including phenoxy) is 4. The molecular weight excluding hydrogens is 600 g/mol. The summed E-state index contributed by atoms with van der Waals surface area (Å²) in [5, 5.41) is 81.5. The standard InChI is InChI=1S/C34H42O12/c1-17-13-21(9-11-23(17)43-31-33(3,41)29(39)27(37)25(15-35)45-31)19-5-7-20(8-6-19)22-10-12-24(18(2)14-22)44-32-34(4,42)30(40)28(38)26(16-36)46-32/h5-14,25-32,35-42H,15-16H2,1-4H3. The van der Waals surface area contributed by atoms with Gasteiger partial charge in [-0.05, 0) is 85.3 Å². The second-order valence-electron chi connectivity index (χ2n) is 12.5. The molecule has 8 N–H and O–H groups in total. The molecule has 2 heterocycles. The molecule has 0 saturated carbocycles. The average molecular weight is 643 g/mol. The average Bonchev–Trinajstić information content (AvgIpc) is 3.03. The van der Waals surface area contributed by atoms with Crippen LogP contribution in [0.2, 0.25) is 0 Å². The SMILES string of the molecule is Cc1cc(-c2ccc(-c3ccc(OC4OC(CO)C(O)C(O)C4(C)O)c(C)c3)cc2)ccc1OC1OC(CO)C(O)C(O)C1(C)O. The molecule has 2 saturated heterocycles. The zero-order valence-corrected chi connectivity index (χ0v) is 26.0. The van der Waals surface area contributed by atoms with Crippen LogP contribution < -0.4 is 9.47 Å². The van der Waals surface area contributed by atoms with Crippen molar-refractivity contribution < 1.29 is 59.8 Å². The molecule has 46 heavy (non-hydrogen) atoms. The van der Waals surface area contributed by atoms with Crippen LogP contribution in [0.15, 0.2) is 60.7 Å². The highest BCUT2D eigenvalue weighted by atomic mass is 16.7. The molecule has 2 aliphatic heterocycles. The van der Waals surface area contributed by atoms with E-state index in [2.05, 4.69) is 0 Å². The molecule has 2 aliphatic rings. The van der Waals surface area contributed by atoms with Gasteiger partial charge in [-0.1, -0.05) is 36.4 Å². The highest BCUT2D eigenvalue weighted by Crippen LogP contribution is 2.36. The van der Waals surface area contributed by atoms with E-state index in [1.54, 1.807) is 12.1 Å². The fourth-order valence-corrected chi connectivity index (χ4v) is 5.74. The summed E-state index contributed by atoms with van der Waals surface area (Å²) in [7, 11) is 0. The van der Waals surface area contributed by atoms with Gasteiger partial charge >= 0.3 is 0 Å². The number of hydrogen-bond acceptors (Lipinski definition) is 12. The summed E-state index contributed by atoms with van der Waals surface area (Å²) in [5.74, 6) is 0.808. The molecule has 12 nitrogen and oxygen atoms in total. The van der Waals surface area contributed by atoms with Gasteiger partial charge in [0, 0.05) is 0 Å². The number of rotatable bonds is 8. The second-order valence-corrected chi connectivity index (χ2v) is 12.5. The van der Waals surface area contributed by atoms with Crippen LogP contribution in [0.3, 0.4) is 0 Å². The number of hydrogen-bond donors (Lipinski definition) is 8. The maximum absolute atomic E-state index is 10.8. The van der Waals surface area contributed by atoms with Crippen LogP contribution in [0.25, 0.3) is 22.3 Å². The smallest absolute Gasteiger partial charge is 0.231 e. The minimum atomic E-state index is -1.92. The predicted molar refractivity (Wildman–Crippen MR) is 165 cm³/mol. The van der Waals surface area contributed by atoms with Crippen molar-refractivity contribution in [3.8, 4) is 33.8 Å². The van der Waals surface area contributed by atoms with Crippen molar-refractivity contribution in [1.29, 1.82) is 0 Å². The maximum Gasteiger partial charge on any atom is 0.231 e. The molecule has 0 amide bonds. The van der Waals surface area contributed by atoms with Crippen LogP contribution in [-0.2, 0) is 9.47 Å². The molecule has 10 unspecified atom stereocenters. The largest absolute Gasteiger partial charge is 0.461 e. The normalized spacial score (nSPS) is 34.7. The van der Waals surface area contributed by atoms with Gasteiger partial charge in [-0.2, -0.15) is 0 Å². The van der Waals surface area contributed by atoms with Crippen molar-refractivity contribution in [2.24, 2.45) is 0 Å². The maximum atomic E-state index is 10.8. The Balaban J connectivity index is 1.28. The van der Waals surface area contributed by atoms with E-state index in [4.69, 9.17) is 18.9 Å². The molecule has 250 valence electrons. The number of benzene rings is 3. The molecular formula is C34H42O12. The Morgan fingerprint density at radius 1 is 0.587 bits per heavy atom. The highest BCUT2D eigenvalue weighted by molar-refractivity contribution is 5.72. The van der Waals surface area contributed by atoms with E-state index in [1.165, 1.54) is 13.8 Å². The molecule has 2 fully saturated rings. The molecule has 3 aromatic rings. The Morgan fingerprint density at radius 2 is 0.913 bits per heavy atom. The lowest BCUT2D eigenvalue weighted by Gasteiger charge is -2.45. The molecule has 0 bridgehead atoms. The van der Waals surface area contributed by atoms with Gasteiger partial charge in [0.25, 0.3) is 0 Å². The Labute approximate surface area is 266 Å². The highest BCUT2D eigenvalue weighted by Gasteiger charge is 2.54. The fraction of sp³-hybridized carbons (Fsp3) is 0.471. The lowest BCUT2D eigenvalue weighted by molar-refractivity contribution is -0.314. The van der Waals surface area contributed by atoms with Gasteiger partial charge in [0.05, 0.1) is 13.2 Å². The topological polar surface area (TPSA) is 199 Å². The minimum Gasteiger partial charge on any atom is -0.461 e. The number of aryl methyl sites for hydroxylation is 2. The van der Waals surface area contributed by atoms with Gasteiger partial charge in [-0.15, -0.1) is 0 Å². The van der Waals surface area contributed by atoms with E-state index < -0.39 is 73.6 Å². The lowest BCUT2D eigenvalue weighted by Crippen LogP contribution is -2.66. The van der Waals surface area contributed by atoms with Crippen LogP contribution >= 0.6 is 0 Å². The molecule has 0 aliphatic carbocycles. The molecule has 12 heteroatoms. The first kappa shape index (κ1) is 34.2.